The summed E-state index contributed by atoms with van der Waals surface area (Å²) in [4.78, 5) is 10.7. The standard InChI is InChI=1S/C11H8Br2N2O4S2/c12-7-1-2-9(15(16)17)11(5-7)21(18,19)14-6-10-8(13)3-4-20-10/h1-5,14H,6H2. The van der Waals surface area contributed by atoms with Crippen LogP contribution in [0.5, 0.6) is 0 Å². The Hall–Kier alpha value is -0.810. The highest BCUT2D eigenvalue weighted by Crippen LogP contribution is 2.28. The van der Waals surface area contributed by atoms with Gasteiger partial charge in [0, 0.05) is 26.4 Å². The van der Waals surface area contributed by atoms with Crippen LogP contribution in [0.2, 0.25) is 0 Å². The summed E-state index contributed by atoms with van der Waals surface area (Å²) in [5.74, 6) is 0. The summed E-state index contributed by atoms with van der Waals surface area (Å²) >= 11 is 7.80. The first-order valence-electron chi connectivity index (χ1n) is 5.47. The van der Waals surface area contributed by atoms with Gasteiger partial charge in [-0.2, -0.15) is 0 Å². The van der Waals surface area contributed by atoms with E-state index in [-0.39, 0.29) is 11.4 Å². The molecule has 1 aromatic heterocycles. The number of nitro benzene ring substituents is 1. The van der Waals surface area contributed by atoms with E-state index in [1.807, 2.05) is 5.38 Å². The van der Waals surface area contributed by atoms with E-state index in [1.165, 1.54) is 23.5 Å². The number of hydrogen-bond acceptors (Lipinski definition) is 5. The molecular weight excluding hydrogens is 448 g/mol. The van der Waals surface area contributed by atoms with Crippen LogP contribution >= 0.6 is 43.2 Å². The van der Waals surface area contributed by atoms with Crippen molar-refractivity contribution in [3.05, 3.63) is 53.6 Å². The third-order valence-corrected chi connectivity index (χ3v) is 6.37. The Labute approximate surface area is 141 Å². The maximum absolute atomic E-state index is 12.3. The van der Waals surface area contributed by atoms with E-state index in [0.717, 1.165) is 15.4 Å². The number of halogens is 2. The molecule has 0 aliphatic rings. The van der Waals surface area contributed by atoms with Crippen molar-refractivity contribution in [1.82, 2.24) is 4.72 Å². The molecule has 0 saturated carbocycles. The van der Waals surface area contributed by atoms with Gasteiger partial charge in [-0.05, 0) is 39.5 Å². The van der Waals surface area contributed by atoms with Gasteiger partial charge in [0.2, 0.25) is 10.0 Å². The van der Waals surface area contributed by atoms with Gasteiger partial charge in [-0.3, -0.25) is 10.1 Å². The summed E-state index contributed by atoms with van der Waals surface area (Å²) in [6.45, 7) is 0.0598. The molecule has 0 amide bonds. The first-order valence-corrected chi connectivity index (χ1v) is 9.41. The van der Waals surface area contributed by atoms with Crippen LogP contribution in [-0.4, -0.2) is 13.3 Å². The number of nitro groups is 1. The van der Waals surface area contributed by atoms with Crippen molar-refractivity contribution in [2.75, 3.05) is 0 Å². The maximum Gasteiger partial charge on any atom is 0.289 e. The average molecular weight is 456 g/mol. The second kappa shape index (κ2) is 6.53. The van der Waals surface area contributed by atoms with E-state index in [9.17, 15) is 18.5 Å². The van der Waals surface area contributed by atoms with Crippen molar-refractivity contribution in [2.45, 2.75) is 11.4 Å². The minimum atomic E-state index is -3.99. The molecule has 1 N–H and O–H groups in total. The van der Waals surface area contributed by atoms with E-state index in [2.05, 4.69) is 36.6 Å². The molecule has 0 radical (unpaired) electrons. The van der Waals surface area contributed by atoms with Crippen LogP contribution in [0, 0.1) is 10.1 Å². The Kier molecular flexibility index (Phi) is 5.15. The molecule has 1 aromatic carbocycles. The quantitative estimate of drug-likeness (QED) is 0.550. The Morgan fingerprint density at radius 2 is 2.00 bits per heavy atom. The lowest BCUT2D eigenvalue weighted by atomic mass is 10.3. The van der Waals surface area contributed by atoms with Crippen LogP contribution in [0.25, 0.3) is 0 Å². The fraction of sp³-hybridized carbons (Fsp3) is 0.0909. The van der Waals surface area contributed by atoms with Gasteiger partial charge >= 0.3 is 0 Å². The lowest BCUT2D eigenvalue weighted by Crippen LogP contribution is -2.23. The predicted molar refractivity (Wildman–Crippen MR) is 86.8 cm³/mol. The molecule has 6 nitrogen and oxygen atoms in total. The zero-order valence-electron chi connectivity index (χ0n) is 10.2. The molecular formula is C11H8Br2N2O4S2. The largest absolute Gasteiger partial charge is 0.289 e. The minimum Gasteiger partial charge on any atom is -0.258 e. The van der Waals surface area contributed by atoms with Gasteiger partial charge in [0.05, 0.1) is 4.92 Å². The van der Waals surface area contributed by atoms with Crippen molar-refractivity contribution in [2.24, 2.45) is 0 Å². The van der Waals surface area contributed by atoms with Crippen LogP contribution in [0.15, 0.2) is 43.5 Å². The normalized spacial score (nSPS) is 11.5. The van der Waals surface area contributed by atoms with E-state index in [1.54, 1.807) is 6.07 Å². The molecule has 1 heterocycles. The van der Waals surface area contributed by atoms with Crippen molar-refractivity contribution in [1.29, 1.82) is 0 Å². The van der Waals surface area contributed by atoms with Crippen LogP contribution in [0.1, 0.15) is 4.88 Å². The number of benzene rings is 1. The highest BCUT2D eigenvalue weighted by atomic mass is 79.9. The lowest BCUT2D eigenvalue weighted by molar-refractivity contribution is -0.387. The monoisotopic (exact) mass is 454 g/mol. The number of hydrogen-bond donors (Lipinski definition) is 1. The topological polar surface area (TPSA) is 89.3 Å². The molecule has 2 rings (SSSR count). The Morgan fingerprint density at radius 3 is 2.57 bits per heavy atom. The summed E-state index contributed by atoms with van der Waals surface area (Å²) in [7, 11) is -3.99. The highest BCUT2D eigenvalue weighted by Gasteiger charge is 2.26. The van der Waals surface area contributed by atoms with Crippen LogP contribution in [0.4, 0.5) is 5.69 Å². The fourth-order valence-electron chi connectivity index (χ4n) is 1.54. The maximum atomic E-state index is 12.3. The zero-order chi connectivity index (χ0) is 15.6. The Bertz CT molecular complexity index is 789. The number of sulfonamides is 1. The lowest BCUT2D eigenvalue weighted by Gasteiger charge is -2.07. The first-order chi connectivity index (χ1) is 9.81. The van der Waals surface area contributed by atoms with Crippen molar-refractivity contribution >= 4 is 58.9 Å². The molecule has 0 bridgehead atoms. The third-order valence-electron chi connectivity index (χ3n) is 2.52. The molecule has 112 valence electrons. The molecule has 0 atom stereocenters. The zero-order valence-corrected chi connectivity index (χ0v) is 15.1. The summed E-state index contributed by atoms with van der Waals surface area (Å²) < 4.78 is 28.1. The third kappa shape index (κ3) is 3.89. The molecule has 0 unspecified atom stereocenters. The first kappa shape index (κ1) is 16.6. The summed E-state index contributed by atoms with van der Waals surface area (Å²) in [6, 6.07) is 5.59. The van der Waals surface area contributed by atoms with Crippen LogP contribution in [-0.2, 0) is 16.6 Å². The van der Waals surface area contributed by atoms with E-state index in [0.29, 0.717) is 4.47 Å². The van der Waals surface area contributed by atoms with Crippen LogP contribution < -0.4 is 4.72 Å². The smallest absolute Gasteiger partial charge is 0.258 e. The van der Waals surface area contributed by atoms with Crippen molar-refractivity contribution in [3.8, 4) is 0 Å². The number of nitrogens with one attached hydrogen (secondary N) is 1. The molecule has 0 spiro atoms. The summed E-state index contributed by atoms with van der Waals surface area (Å²) in [5.41, 5.74) is -0.462. The Balaban J connectivity index is 2.33. The number of nitrogens with zero attached hydrogens (tertiary/aromatic N) is 1. The second-order valence-electron chi connectivity index (χ2n) is 3.89. The predicted octanol–water partition coefficient (Wildman–Crippen LogP) is 3.66. The molecule has 0 aliphatic carbocycles. The summed E-state index contributed by atoms with van der Waals surface area (Å²) in [6.07, 6.45) is 0. The van der Waals surface area contributed by atoms with Gasteiger partial charge in [0.1, 0.15) is 0 Å². The van der Waals surface area contributed by atoms with E-state index < -0.39 is 20.6 Å². The van der Waals surface area contributed by atoms with E-state index >= 15 is 0 Å². The van der Waals surface area contributed by atoms with Gasteiger partial charge < -0.3 is 0 Å². The van der Waals surface area contributed by atoms with Gasteiger partial charge in [0.15, 0.2) is 4.90 Å². The SMILES string of the molecule is O=[N+]([O-])c1ccc(Br)cc1S(=O)(=O)NCc1sccc1Br. The van der Waals surface area contributed by atoms with Gasteiger partial charge in [0.25, 0.3) is 5.69 Å². The minimum absolute atomic E-state index is 0.0598. The molecule has 21 heavy (non-hydrogen) atoms. The Morgan fingerprint density at radius 1 is 1.29 bits per heavy atom. The molecule has 0 aliphatic heterocycles. The second-order valence-corrected chi connectivity index (χ2v) is 8.39. The van der Waals surface area contributed by atoms with Gasteiger partial charge in [-0.15, -0.1) is 11.3 Å². The van der Waals surface area contributed by atoms with Crippen molar-refractivity contribution in [3.63, 3.8) is 0 Å². The average Bonchev–Trinajstić information content (AvgIpc) is 2.81. The number of rotatable bonds is 5. The molecule has 2 aromatic rings. The number of thiophene rings is 1. The highest BCUT2D eigenvalue weighted by molar-refractivity contribution is 9.10. The fourth-order valence-corrected chi connectivity index (χ4v) is 4.77. The molecule has 0 fully saturated rings. The van der Waals surface area contributed by atoms with Crippen LogP contribution in [0.3, 0.4) is 0 Å². The van der Waals surface area contributed by atoms with Gasteiger partial charge in [-0.25, -0.2) is 13.1 Å². The summed E-state index contributed by atoms with van der Waals surface area (Å²) in [5, 5.41) is 12.8. The molecule has 10 heteroatoms. The molecule has 0 saturated heterocycles. The van der Waals surface area contributed by atoms with Crippen molar-refractivity contribution < 1.29 is 13.3 Å². The van der Waals surface area contributed by atoms with E-state index in [4.69, 9.17) is 0 Å². The van der Waals surface area contributed by atoms with Gasteiger partial charge in [-0.1, -0.05) is 15.9 Å².